The second kappa shape index (κ2) is 37.4. The first-order chi connectivity index (χ1) is 24.4. The van der Waals surface area contributed by atoms with E-state index in [4.69, 9.17) is 14.2 Å². The van der Waals surface area contributed by atoms with Crippen LogP contribution in [0.25, 0.3) is 0 Å². The molecule has 2 unspecified atom stereocenters. The van der Waals surface area contributed by atoms with Crippen molar-refractivity contribution in [2.75, 3.05) is 59.1 Å². The summed E-state index contributed by atoms with van der Waals surface area (Å²) in [5.41, 5.74) is 0. The SMILES string of the molecule is CCCCCCCCC(CCCCCC)COC(=O)CCCCCCCCC(CCCCC)OC(=O)OCCN(CCO)CCN(CC)CC. The van der Waals surface area contributed by atoms with Gasteiger partial charge in [-0.2, -0.15) is 0 Å². The molecule has 0 saturated heterocycles. The van der Waals surface area contributed by atoms with E-state index in [1.807, 2.05) is 0 Å². The molecule has 0 aliphatic rings. The van der Waals surface area contributed by atoms with Gasteiger partial charge in [0, 0.05) is 32.6 Å². The Balaban J connectivity index is 4.30. The zero-order valence-electron chi connectivity index (χ0n) is 33.9. The highest BCUT2D eigenvalue weighted by Gasteiger charge is 2.17. The van der Waals surface area contributed by atoms with E-state index in [0.717, 1.165) is 96.8 Å². The van der Waals surface area contributed by atoms with Gasteiger partial charge in [-0.25, -0.2) is 4.79 Å². The molecule has 0 bridgehead atoms. The Morgan fingerprint density at radius 3 is 1.60 bits per heavy atom. The highest BCUT2D eigenvalue weighted by atomic mass is 16.7. The second-order valence-electron chi connectivity index (χ2n) is 14.5. The van der Waals surface area contributed by atoms with E-state index in [0.29, 0.717) is 32.0 Å². The number of nitrogens with zero attached hydrogens (tertiary/aromatic N) is 2. The van der Waals surface area contributed by atoms with Crippen LogP contribution in [0.15, 0.2) is 0 Å². The van der Waals surface area contributed by atoms with E-state index in [2.05, 4.69) is 44.4 Å². The Morgan fingerprint density at radius 2 is 1.02 bits per heavy atom. The molecule has 0 saturated carbocycles. The summed E-state index contributed by atoms with van der Waals surface area (Å²) in [7, 11) is 0. The molecule has 0 spiro atoms. The van der Waals surface area contributed by atoms with Crippen molar-refractivity contribution in [3.05, 3.63) is 0 Å². The molecule has 0 rings (SSSR count). The summed E-state index contributed by atoms with van der Waals surface area (Å²) in [6.07, 6.45) is 26.6. The Kier molecular flexibility index (Phi) is 36.3. The predicted octanol–water partition coefficient (Wildman–Crippen LogP) is 10.7. The number of hydrogen-bond acceptors (Lipinski definition) is 8. The lowest BCUT2D eigenvalue weighted by atomic mass is 9.95. The average Bonchev–Trinajstić information content (AvgIpc) is 3.11. The van der Waals surface area contributed by atoms with E-state index in [-0.39, 0.29) is 25.3 Å². The van der Waals surface area contributed by atoms with E-state index < -0.39 is 6.16 Å². The zero-order valence-corrected chi connectivity index (χ0v) is 33.9. The largest absolute Gasteiger partial charge is 0.508 e. The molecule has 2 atom stereocenters. The average molecular weight is 713 g/mol. The lowest BCUT2D eigenvalue weighted by Gasteiger charge is -2.25. The van der Waals surface area contributed by atoms with E-state index in [1.165, 1.54) is 77.0 Å². The van der Waals surface area contributed by atoms with E-state index in [9.17, 15) is 14.7 Å². The van der Waals surface area contributed by atoms with Crippen LogP contribution in [0.3, 0.4) is 0 Å². The normalized spacial score (nSPS) is 12.8. The molecule has 0 aromatic rings. The first-order valence-electron chi connectivity index (χ1n) is 21.5. The van der Waals surface area contributed by atoms with Gasteiger partial charge in [0.25, 0.3) is 0 Å². The number of carbonyl (C=O) groups excluding carboxylic acids is 2. The van der Waals surface area contributed by atoms with Gasteiger partial charge >= 0.3 is 12.1 Å². The Hall–Kier alpha value is -1.38. The fourth-order valence-corrected chi connectivity index (χ4v) is 6.63. The van der Waals surface area contributed by atoms with Gasteiger partial charge in [0.1, 0.15) is 12.7 Å². The third-order valence-electron chi connectivity index (χ3n) is 10.1. The number of rotatable bonds is 38. The third kappa shape index (κ3) is 31.4. The summed E-state index contributed by atoms with van der Waals surface area (Å²) in [4.78, 5) is 29.5. The zero-order chi connectivity index (χ0) is 36.9. The summed E-state index contributed by atoms with van der Waals surface area (Å²) in [6, 6.07) is 0. The maximum Gasteiger partial charge on any atom is 0.508 e. The number of hydrogen-bond donors (Lipinski definition) is 1. The molecule has 0 aliphatic heterocycles. The summed E-state index contributed by atoms with van der Waals surface area (Å²) < 4.78 is 17.0. The first-order valence-corrected chi connectivity index (χ1v) is 21.5. The van der Waals surface area contributed by atoms with E-state index >= 15 is 0 Å². The van der Waals surface area contributed by atoms with Crippen LogP contribution in [-0.4, -0.2) is 92.2 Å². The van der Waals surface area contributed by atoms with Gasteiger partial charge < -0.3 is 24.2 Å². The monoisotopic (exact) mass is 713 g/mol. The number of aliphatic hydroxyl groups excluding tert-OH is 1. The Bertz CT molecular complexity index is 735. The lowest BCUT2D eigenvalue weighted by molar-refractivity contribution is -0.145. The number of esters is 1. The number of carbonyl (C=O) groups is 2. The number of unbranched alkanes of at least 4 members (excludes halogenated alkanes) is 15. The Morgan fingerprint density at radius 1 is 0.540 bits per heavy atom. The molecule has 1 N–H and O–H groups in total. The second-order valence-corrected chi connectivity index (χ2v) is 14.5. The van der Waals surface area contributed by atoms with Crippen molar-refractivity contribution in [1.29, 1.82) is 0 Å². The van der Waals surface area contributed by atoms with Crippen LogP contribution in [0.4, 0.5) is 4.79 Å². The van der Waals surface area contributed by atoms with Crippen LogP contribution < -0.4 is 0 Å². The number of likely N-dealkylation sites (N-methyl/N-ethyl adjacent to an activating group) is 1. The van der Waals surface area contributed by atoms with Gasteiger partial charge in [-0.15, -0.1) is 0 Å². The van der Waals surface area contributed by atoms with Gasteiger partial charge in [-0.05, 0) is 64.0 Å². The maximum absolute atomic E-state index is 12.5. The maximum atomic E-state index is 12.5. The molecule has 0 aromatic heterocycles. The molecular formula is C42H84N2O6. The van der Waals surface area contributed by atoms with Gasteiger partial charge in [0.15, 0.2) is 0 Å². The van der Waals surface area contributed by atoms with Crippen LogP contribution in [0, 0.1) is 5.92 Å². The molecule has 50 heavy (non-hydrogen) atoms. The lowest BCUT2D eigenvalue weighted by Crippen LogP contribution is -2.38. The van der Waals surface area contributed by atoms with Crippen molar-refractivity contribution in [1.82, 2.24) is 9.80 Å². The molecule has 0 aliphatic carbocycles. The molecule has 0 radical (unpaired) electrons. The van der Waals surface area contributed by atoms with Crippen LogP contribution in [0.2, 0.25) is 0 Å². The molecule has 298 valence electrons. The highest BCUT2D eigenvalue weighted by molar-refractivity contribution is 5.69. The standard InChI is InChI=1S/C42H84N2O6/c1-6-11-14-16-19-24-28-39(27-23-15-12-7-2)38-49-41(46)31-26-21-18-17-20-25-30-40(29-22-13-8-3)50-42(47)48-37-35-44(34-36-45)33-32-43(9-4)10-5/h39-40,45H,6-38H2,1-5H3. The molecule has 8 heteroatoms. The summed E-state index contributed by atoms with van der Waals surface area (Å²) >= 11 is 0. The van der Waals surface area contributed by atoms with Crippen molar-refractivity contribution in [2.24, 2.45) is 5.92 Å². The topological polar surface area (TPSA) is 88.5 Å². The fraction of sp³-hybridized carbons (Fsp3) is 0.952. The van der Waals surface area contributed by atoms with Crippen LogP contribution >= 0.6 is 0 Å². The minimum absolute atomic E-state index is 0.0220. The van der Waals surface area contributed by atoms with Crippen molar-refractivity contribution < 1.29 is 28.9 Å². The van der Waals surface area contributed by atoms with Crippen LogP contribution in [-0.2, 0) is 19.0 Å². The highest BCUT2D eigenvalue weighted by Crippen LogP contribution is 2.20. The smallest absolute Gasteiger partial charge is 0.465 e. The minimum atomic E-state index is -0.573. The number of aliphatic hydroxyl groups is 1. The number of ether oxygens (including phenoxy) is 3. The van der Waals surface area contributed by atoms with Gasteiger partial charge in [0.05, 0.1) is 13.2 Å². The fourth-order valence-electron chi connectivity index (χ4n) is 6.63. The van der Waals surface area contributed by atoms with Crippen LogP contribution in [0.5, 0.6) is 0 Å². The molecule has 0 fully saturated rings. The quantitative estimate of drug-likeness (QED) is 0.0500. The van der Waals surface area contributed by atoms with Crippen molar-refractivity contribution >= 4 is 12.1 Å². The summed E-state index contributed by atoms with van der Waals surface area (Å²) in [5.74, 6) is 0.500. The van der Waals surface area contributed by atoms with Crippen molar-refractivity contribution in [3.63, 3.8) is 0 Å². The molecule has 0 aromatic carbocycles. The molecule has 8 nitrogen and oxygen atoms in total. The van der Waals surface area contributed by atoms with E-state index in [1.54, 1.807) is 0 Å². The van der Waals surface area contributed by atoms with Gasteiger partial charge in [0.2, 0.25) is 0 Å². The predicted molar refractivity (Wildman–Crippen MR) is 210 cm³/mol. The summed E-state index contributed by atoms with van der Waals surface area (Å²) in [6.45, 7) is 16.9. The Labute approximate surface area is 310 Å². The van der Waals surface area contributed by atoms with Crippen molar-refractivity contribution in [3.8, 4) is 0 Å². The molecule has 0 amide bonds. The molecule has 0 heterocycles. The molecular weight excluding hydrogens is 628 g/mol. The van der Waals surface area contributed by atoms with Gasteiger partial charge in [-0.1, -0.05) is 137 Å². The first kappa shape index (κ1) is 48.6. The van der Waals surface area contributed by atoms with Gasteiger partial charge in [-0.3, -0.25) is 9.69 Å². The van der Waals surface area contributed by atoms with Crippen molar-refractivity contribution in [2.45, 2.75) is 195 Å². The summed E-state index contributed by atoms with van der Waals surface area (Å²) in [5, 5.41) is 9.44. The minimum Gasteiger partial charge on any atom is -0.465 e. The van der Waals surface area contributed by atoms with Crippen LogP contribution in [0.1, 0.15) is 189 Å². The third-order valence-corrected chi connectivity index (χ3v) is 10.1.